The molecule has 2 rings (SSSR count). The van der Waals surface area contributed by atoms with Crippen LogP contribution in [-0.2, 0) is 19.1 Å². The number of carbonyl (C=O) groups is 2. The maximum absolute atomic E-state index is 13.0. The molecule has 0 spiro atoms. The van der Waals surface area contributed by atoms with Crippen LogP contribution in [0.5, 0.6) is 0 Å². The Kier molecular flexibility index (Phi) is 4.70. The lowest BCUT2D eigenvalue weighted by molar-refractivity contribution is -0.232. The molecule has 2 aliphatic rings. The lowest BCUT2D eigenvalue weighted by Crippen LogP contribution is -2.44. The number of hydrogen-bond donors (Lipinski definition) is 0. The summed E-state index contributed by atoms with van der Waals surface area (Å²) in [5, 5.41) is 0. The number of rotatable bonds is 5. The van der Waals surface area contributed by atoms with Crippen LogP contribution in [0.15, 0.2) is 0 Å². The average Bonchev–Trinajstić information content (AvgIpc) is 3.02. The van der Waals surface area contributed by atoms with Gasteiger partial charge >= 0.3 is 18.1 Å². The molecule has 0 amide bonds. The smallest absolute Gasteiger partial charge is 0.404 e. The summed E-state index contributed by atoms with van der Waals surface area (Å²) in [5.74, 6) is -1.38. The van der Waals surface area contributed by atoms with Crippen molar-refractivity contribution in [1.29, 1.82) is 0 Å². The molecule has 0 radical (unpaired) electrons. The second-order valence-corrected chi connectivity index (χ2v) is 7.13. The van der Waals surface area contributed by atoms with Gasteiger partial charge in [0.25, 0.3) is 0 Å². The topological polar surface area (TPSA) is 52.6 Å². The van der Waals surface area contributed by atoms with Crippen LogP contribution in [0, 0.1) is 17.3 Å². The third-order valence-corrected chi connectivity index (χ3v) is 5.55. The molecule has 0 aromatic carbocycles. The van der Waals surface area contributed by atoms with E-state index in [1.54, 1.807) is 0 Å². The van der Waals surface area contributed by atoms with Gasteiger partial charge in [0.1, 0.15) is 5.60 Å². The highest BCUT2D eigenvalue weighted by molar-refractivity contribution is 5.81. The molecule has 132 valence electrons. The molecule has 2 aliphatic carbocycles. The van der Waals surface area contributed by atoms with Gasteiger partial charge in [-0.3, -0.25) is 4.79 Å². The van der Waals surface area contributed by atoms with E-state index in [1.165, 1.54) is 6.92 Å². The SMILES string of the molecule is CCC(C)(C(=O)OCC(=O)OC1(C)CC2CCC1C2)C(F)(F)F. The second kappa shape index (κ2) is 5.98. The monoisotopic (exact) mass is 336 g/mol. The van der Waals surface area contributed by atoms with E-state index in [9.17, 15) is 22.8 Å². The third-order valence-electron chi connectivity index (χ3n) is 5.55. The molecule has 0 N–H and O–H groups in total. The van der Waals surface area contributed by atoms with Gasteiger partial charge in [0, 0.05) is 0 Å². The van der Waals surface area contributed by atoms with Crippen molar-refractivity contribution in [3.63, 3.8) is 0 Å². The fourth-order valence-corrected chi connectivity index (χ4v) is 3.71. The van der Waals surface area contributed by atoms with Crippen molar-refractivity contribution < 1.29 is 32.2 Å². The van der Waals surface area contributed by atoms with Gasteiger partial charge < -0.3 is 9.47 Å². The van der Waals surface area contributed by atoms with E-state index >= 15 is 0 Å². The van der Waals surface area contributed by atoms with Gasteiger partial charge in [-0.1, -0.05) is 6.92 Å². The van der Waals surface area contributed by atoms with Crippen molar-refractivity contribution in [2.75, 3.05) is 6.61 Å². The Morgan fingerprint density at radius 3 is 2.35 bits per heavy atom. The van der Waals surface area contributed by atoms with Crippen molar-refractivity contribution in [3.05, 3.63) is 0 Å². The van der Waals surface area contributed by atoms with Crippen molar-refractivity contribution in [3.8, 4) is 0 Å². The number of fused-ring (bicyclic) bond motifs is 2. The lowest BCUT2D eigenvalue weighted by Gasteiger charge is -2.33. The molecule has 2 fully saturated rings. The minimum Gasteiger partial charge on any atom is -0.457 e. The van der Waals surface area contributed by atoms with Crippen molar-refractivity contribution in [2.24, 2.45) is 17.3 Å². The Bertz CT molecular complexity index is 490. The van der Waals surface area contributed by atoms with Crippen molar-refractivity contribution in [1.82, 2.24) is 0 Å². The third kappa shape index (κ3) is 3.33. The standard InChI is InChI=1S/C16H23F3O4/c1-4-14(2,16(17,18)19)13(21)22-9-12(20)23-15(3)8-10-5-6-11(15)7-10/h10-11H,4-9H2,1-3H3. The minimum absolute atomic E-state index is 0.295. The molecule has 4 atom stereocenters. The lowest BCUT2D eigenvalue weighted by atomic mass is 9.86. The van der Waals surface area contributed by atoms with Gasteiger partial charge in [-0.25, -0.2) is 4.79 Å². The van der Waals surface area contributed by atoms with Crippen LogP contribution in [0.3, 0.4) is 0 Å². The number of alkyl halides is 3. The summed E-state index contributed by atoms with van der Waals surface area (Å²) in [4.78, 5) is 23.6. The zero-order valence-corrected chi connectivity index (χ0v) is 13.7. The molecular weight excluding hydrogens is 313 g/mol. The predicted molar refractivity (Wildman–Crippen MR) is 75.4 cm³/mol. The van der Waals surface area contributed by atoms with E-state index in [4.69, 9.17) is 4.74 Å². The molecule has 0 heterocycles. The molecule has 2 saturated carbocycles. The van der Waals surface area contributed by atoms with Crippen LogP contribution >= 0.6 is 0 Å². The normalized spacial score (nSPS) is 32.4. The predicted octanol–water partition coefficient (Wildman–Crippen LogP) is 3.63. The first-order valence-electron chi connectivity index (χ1n) is 7.97. The number of ether oxygens (including phenoxy) is 2. The fraction of sp³-hybridized carbons (Fsp3) is 0.875. The fourth-order valence-electron chi connectivity index (χ4n) is 3.71. The van der Waals surface area contributed by atoms with E-state index < -0.39 is 42.2 Å². The zero-order chi connectivity index (χ0) is 17.5. The van der Waals surface area contributed by atoms with E-state index in [2.05, 4.69) is 4.74 Å². The molecule has 0 aromatic heterocycles. The largest absolute Gasteiger partial charge is 0.457 e. The molecule has 4 unspecified atom stereocenters. The maximum atomic E-state index is 13.0. The minimum atomic E-state index is -4.72. The first-order valence-corrected chi connectivity index (χ1v) is 7.97. The highest BCUT2D eigenvalue weighted by Crippen LogP contribution is 2.52. The molecule has 0 saturated heterocycles. The van der Waals surface area contributed by atoms with Gasteiger partial charge in [0.2, 0.25) is 0 Å². The molecule has 7 heteroatoms. The van der Waals surface area contributed by atoms with Crippen LogP contribution in [0.4, 0.5) is 13.2 Å². The maximum Gasteiger partial charge on any atom is 0.404 e. The van der Waals surface area contributed by atoms with Gasteiger partial charge in [0.15, 0.2) is 12.0 Å². The van der Waals surface area contributed by atoms with Crippen LogP contribution in [0.2, 0.25) is 0 Å². The van der Waals surface area contributed by atoms with Gasteiger partial charge in [-0.05, 0) is 57.8 Å². The highest BCUT2D eigenvalue weighted by Gasteiger charge is 2.57. The zero-order valence-electron chi connectivity index (χ0n) is 13.7. The second-order valence-electron chi connectivity index (χ2n) is 7.13. The van der Waals surface area contributed by atoms with E-state index in [-0.39, 0.29) is 0 Å². The van der Waals surface area contributed by atoms with Gasteiger partial charge in [-0.2, -0.15) is 13.2 Å². The number of hydrogen-bond acceptors (Lipinski definition) is 4. The van der Waals surface area contributed by atoms with E-state index in [0.717, 1.165) is 32.6 Å². The number of carbonyl (C=O) groups excluding carboxylic acids is 2. The Balaban J connectivity index is 1.88. The van der Waals surface area contributed by atoms with Gasteiger partial charge in [0.05, 0.1) is 0 Å². The summed E-state index contributed by atoms with van der Waals surface area (Å²) in [5.41, 5.74) is -3.19. The summed E-state index contributed by atoms with van der Waals surface area (Å²) in [6.07, 6.45) is -1.26. The summed E-state index contributed by atoms with van der Waals surface area (Å²) in [6, 6.07) is 0. The quantitative estimate of drug-likeness (QED) is 0.720. The Hall–Kier alpha value is -1.27. The number of halogens is 3. The summed E-state index contributed by atoms with van der Waals surface area (Å²) in [6.45, 7) is 3.10. The van der Waals surface area contributed by atoms with Crippen LogP contribution < -0.4 is 0 Å². The van der Waals surface area contributed by atoms with Crippen LogP contribution in [0.25, 0.3) is 0 Å². The first-order chi connectivity index (χ1) is 10.5. The summed E-state index contributed by atoms with van der Waals surface area (Å²) < 4.78 is 48.9. The molecule has 2 bridgehead atoms. The van der Waals surface area contributed by atoms with E-state index in [1.807, 2.05) is 6.92 Å². The van der Waals surface area contributed by atoms with Crippen molar-refractivity contribution in [2.45, 2.75) is 64.7 Å². The molecule has 23 heavy (non-hydrogen) atoms. The first kappa shape index (κ1) is 18.1. The van der Waals surface area contributed by atoms with Crippen LogP contribution in [-0.4, -0.2) is 30.3 Å². The highest BCUT2D eigenvalue weighted by atomic mass is 19.4. The van der Waals surface area contributed by atoms with Gasteiger partial charge in [-0.15, -0.1) is 0 Å². The Labute approximate surface area is 133 Å². The molecular formula is C16H23F3O4. The van der Waals surface area contributed by atoms with Crippen LogP contribution in [0.1, 0.15) is 52.9 Å². The average molecular weight is 336 g/mol. The summed E-state index contributed by atoms with van der Waals surface area (Å²) in [7, 11) is 0. The summed E-state index contributed by atoms with van der Waals surface area (Å²) >= 11 is 0. The Morgan fingerprint density at radius 2 is 1.91 bits per heavy atom. The Morgan fingerprint density at radius 1 is 1.26 bits per heavy atom. The molecule has 0 aromatic rings. The molecule has 0 aliphatic heterocycles. The van der Waals surface area contributed by atoms with E-state index in [0.29, 0.717) is 11.8 Å². The molecule has 4 nitrogen and oxygen atoms in total. The number of esters is 2. The van der Waals surface area contributed by atoms with Crippen molar-refractivity contribution >= 4 is 11.9 Å².